The third-order valence-corrected chi connectivity index (χ3v) is 4.15. The zero-order valence-corrected chi connectivity index (χ0v) is 14.3. The van der Waals surface area contributed by atoms with Crippen LogP contribution in [0.3, 0.4) is 0 Å². The molecule has 3 rings (SSSR count). The quantitative estimate of drug-likeness (QED) is 0.775. The number of rotatable bonds is 4. The first-order valence-electron chi connectivity index (χ1n) is 7.83. The normalized spacial score (nSPS) is 10.8. The van der Waals surface area contributed by atoms with Crippen molar-refractivity contribution in [3.8, 4) is 11.3 Å². The molecule has 0 spiro atoms. The molecule has 0 aliphatic carbocycles. The maximum atomic E-state index is 12.8. The summed E-state index contributed by atoms with van der Waals surface area (Å²) in [5.74, 6) is 0.831. The van der Waals surface area contributed by atoms with Gasteiger partial charge in [0.25, 0.3) is 5.91 Å². The lowest BCUT2D eigenvalue weighted by Crippen LogP contribution is -2.26. The molecule has 0 aliphatic rings. The van der Waals surface area contributed by atoms with E-state index in [1.807, 2.05) is 45.0 Å². The van der Waals surface area contributed by atoms with Crippen LogP contribution < -0.4 is 0 Å². The molecule has 0 aliphatic heterocycles. The molecule has 2 N–H and O–H groups in total. The number of benzene rings is 1. The van der Waals surface area contributed by atoms with Crippen LogP contribution in [0.2, 0.25) is 0 Å². The molecule has 0 unspecified atom stereocenters. The molecule has 0 radical (unpaired) electrons. The van der Waals surface area contributed by atoms with Gasteiger partial charge in [0, 0.05) is 36.0 Å². The maximum absolute atomic E-state index is 12.8. The Morgan fingerprint density at radius 3 is 2.67 bits per heavy atom. The van der Waals surface area contributed by atoms with Gasteiger partial charge < -0.3 is 9.88 Å². The van der Waals surface area contributed by atoms with Gasteiger partial charge in [-0.3, -0.25) is 9.89 Å². The van der Waals surface area contributed by atoms with Crippen LogP contribution in [0.1, 0.15) is 33.1 Å². The largest absolute Gasteiger partial charge is 0.342 e. The molecule has 0 fully saturated rings. The van der Waals surface area contributed by atoms with Crippen molar-refractivity contribution >= 4 is 5.91 Å². The van der Waals surface area contributed by atoms with Crippen molar-refractivity contribution in [3.63, 3.8) is 0 Å². The molecule has 3 aromatic rings. The molecule has 24 heavy (non-hydrogen) atoms. The molecular weight excluding hydrogens is 302 g/mol. The SMILES string of the molecule is Cc1ncc(-c2cccc(C(=O)N(C)Cc3c(C)n[nH]c3C)c2)[nH]1. The van der Waals surface area contributed by atoms with Crippen molar-refractivity contribution in [2.45, 2.75) is 27.3 Å². The monoisotopic (exact) mass is 323 g/mol. The highest BCUT2D eigenvalue weighted by Gasteiger charge is 2.16. The van der Waals surface area contributed by atoms with Gasteiger partial charge in [-0.1, -0.05) is 12.1 Å². The number of carbonyl (C=O) groups excluding carboxylic acids is 1. The molecule has 2 aromatic heterocycles. The van der Waals surface area contributed by atoms with E-state index in [0.29, 0.717) is 12.1 Å². The van der Waals surface area contributed by atoms with Crippen LogP contribution in [0.4, 0.5) is 0 Å². The summed E-state index contributed by atoms with van der Waals surface area (Å²) < 4.78 is 0. The number of nitrogens with zero attached hydrogens (tertiary/aromatic N) is 3. The first-order chi connectivity index (χ1) is 11.5. The van der Waals surface area contributed by atoms with Gasteiger partial charge in [0.1, 0.15) is 5.82 Å². The molecule has 1 aromatic carbocycles. The Bertz CT molecular complexity index is 858. The summed E-state index contributed by atoms with van der Waals surface area (Å²) in [6, 6.07) is 7.58. The fourth-order valence-corrected chi connectivity index (χ4v) is 2.72. The first kappa shape index (κ1) is 16.0. The molecule has 2 heterocycles. The van der Waals surface area contributed by atoms with E-state index < -0.39 is 0 Å². The Morgan fingerprint density at radius 2 is 2.04 bits per heavy atom. The van der Waals surface area contributed by atoms with E-state index in [1.165, 1.54) is 0 Å². The number of aromatic amines is 2. The molecule has 6 heteroatoms. The third kappa shape index (κ3) is 3.08. The van der Waals surface area contributed by atoms with E-state index >= 15 is 0 Å². The van der Waals surface area contributed by atoms with Gasteiger partial charge in [0.2, 0.25) is 0 Å². The van der Waals surface area contributed by atoms with Crippen LogP contribution in [-0.4, -0.2) is 38.0 Å². The molecule has 0 saturated heterocycles. The summed E-state index contributed by atoms with van der Waals surface area (Å²) in [5.41, 5.74) is 5.49. The fraction of sp³-hybridized carbons (Fsp3) is 0.278. The van der Waals surface area contributed by atoms with Gasteiger partial charge in [-0.2, -0.15) is 5.10 Å². The van der Waals surface area contributed by atoms with Crippen molar-refractivity contribution < 1.29 is 4.79 Å². The average Bonchev–Trinajstić information content (AvgIpc) is 3.15. The summed E-state index contributed by atoms with van der Waals surface area (Å²) >= 11 is 0. The number of amides is 1. The Hall–Kier alpha value is -2.89. The van der Waals surface area contributed by atoms with Crippen LogP contribution in [0.5, 0.6) is 0 Å². The number of hydrogen-bond acceptors (Lipinski definition) is 3. The summed E-state index contributed by atoms with van der Waals surface area (Å²) in [4.78, 5) is 21.9. The minimum absolute atomic E-state index is 0.0203. The van der Waals surface area contributed by atoms with Crippen molar-refractivity contribution in [1.82, 2.24) is 25.1 Å². The highest BCUT2D eigenvalue weighted by molar-refractivity contribution is 5.95. The number of hydrogen-bond donors (Lipinski definition) is 2. The number of carbonyl (C=O) groups is 1. The minimum atomic E-state index is -0.0203. The lowest BCUT2D eigenvalue weighted by molar-refractivity contribution is 0.0785. The molecule has 0 bridgehead atoms. The first-order valence-corrected chi connectivity index (χ1v) is 7.83. The number of aromatic nitrogens is 4. The van der Waals surface area contributed by atoms with E-state index in [-0.39, 0.29) is 5.91 Å². The summed E-state index contributed by atoms with van der Waals surface area (Å²) in [6.45, 7) is 6.34. The van der Waals surface area contributed by atoms with Gasteiger partial charge in [-0.05, 0) is 32.9 Å². The zero-order valence-electron chi connectivity index (χ0n) is 14.3. The number of imidazole rings is 1. The van der Waals surface area contributed by atoms with Crippen molar-refractivity contribution in [2.75, 3.05) is 7.05 Å². The standard InChI is InChI=1S/C18H21N5O/c1-11-16(12(2)22-21-11)10-23(4)18(24)15-7-5-6-14(8-15)17-9-19-13(3)20-17/h5-9H,10H2,1-4H3,(H,19,20)(H,21,22). The van der Waals surface area contributed by atoms with E-state index in [9.17, 15) is 4.79 Å². The van der Waals surface area contributed by atoms with Gasteiger partial charge in [0.05, 0.1) is 17.6 Å². The van der Waals surface area contributed by atoms with E-state index in [2.05, 4.69) is 20.2 Å². The molecule has 124 valence electrons. The Kier molecular flexibility index (Phi) is 4.20. The van der Waals surface area contributed by atoms with Crippen LogP contribution >= 0.6 is 0 Å². The van der Waals surface area contributed by atoms with Gasteiger partial charge in [-0.25, -0.2) is 4.98 Å². The number of aryl methyl sites for hydroxylation is 3. The minimum Gasteiger partial charge on any atom is -0.342 e. The smallest absolute Gasteiger partial charge is 0.253 e. The van der Waals surface area contributed by atoms with E-state index in [0.717, 1.165) is 34.0 Å². The van der Waals surface area contributed by atoms with Crippen molar-refractivity contribution in [3.05, 3.63) is 58.8 Å². The van der Waals surface area contributed by atoms with Crippen molar-refractivity contribution in [1.29, 1.82) is 0 Å². The van der Waals surface area contributed by atoms with Crippen LogP contribution in [0.25, 0.3) is 11.3 Å². The Morgan fingerprint density at radius 1 is 1.25 bits per heavy atom. The number of nitrogens with one attached hydrogen (secondary N) is 2. The number of H-pyrrole nitrogens is 2. The van der Waals surface area contributed by atoms with Gasteiger partial charge in [-0.15, -0.1) is 0 Å². The molecule has 0 saturated carbocycles. The lowest BCUT2D eigenvalue weighted by atomic mass is 10.1. The molecular formula is C18H21N5O. The average molecular weight is 323 g/mol. The van der Waals surface area contributed by atoms with Crippen LogP contribution in [-0.2, 0) is 6.54 Å². The molecule has 1 amide bonds. The van der Waals surface area contributed by atoms with E-state index in [1.54, 1.807) is 18.1 Å². The summed E-state index contributed by atoms with van der Waals surface area (Å²) in [5, 5.41) is 7.14. The summed E-state index contributed by atoms with van der Waals surface area (Å²) in [7, 11) is 1.81. The maximum Gasteiger partial charge on any atom is 0.253 e. The second-order valence-electron chi connectivity index (χ2n) is 6.04. The topological polar surface area (TPSA) is 77.7 Å². The van der Waals surface area contributed by atoms with Crippen LogP contribution in [0.15, 0.2) is 30.5 Å². The Balaban J connectivity index is 1.82. The fourth-order valence-electron chi connectivity index (χ4n) is 2.72. The third-order valence-electron chi connectivity index (χ3n) is 4.15. The second kappa shape index (κ2) is 6.31. The van der Waals surface area contributed by atoms with E-state index in [4.69, 9.17) is 0 Å². The van der Waals surface area contributed by atoms with Crippen LogP contribution in [0, 0.1) is 20.8 Å². The predicted octanol–water partition coefficient (Wildman–Crippen LogP) is 3.00. The zero-order chi connectivity index (χ0) is 17.3. The second-order valence-corrected chi connectivity index (χ2v) is 6.04. The lowest BCUT2D eigenvalue weighted by Gasteiger charge is -2.18. The molecule has 0 atom stereocenters. The Labute approximate surface area is 140 Å². The predicted molar refractivity (Wildman–Crippen MR) is 92.6 cm³/mol. The van der Waals surface area contributed by atoms with Crippen molar-refractivity contribution in [2.24, 2.45) is 0 Å². The summed E-state index contributed by atoms with van der Waals surface area (Å²) in [6.07, 6.45) is 1.78. The molecule has 6 nitrogen and oxygen atoms in total. The van der Waals surface area contributed by atoms with Gasteiger partial charge >= 0.3 is 0 Å². The van der Waals surface area contributed by atoms with Gasteiger partial charge in [0.15, 0.2) is 0 Å². The highest BCUT2D eigenvalue weighted by atomic mass is 16.2. The highest BCUT2D eigenvalue weighted by Crippen LogP contribution is 2.20.